The van der Waals surface area contributed by atoms with E-state index in [1.54, 1.807) is 4.90 Å². The molecule has 2 unspecified atom stereocenters. The second-order valence-corrected chi connectivity index (χ2v) is 8.10. The van der Waals surface area contributed by atoms with Crippen molar-refractivity contribution in [3.8, 4) is 11.6 Å². The summed E-state index contributed by atoms with van der Waals surface area (Å²) in [6.45, 7) is 9.95. The minimum atomic E-state index is -0.497. The van der Waals surface area contributed by atoms with Gasteiger partial charge in [0.05, 0.1) is 5.56 Å². The van der Waals surface area contributed by atoms with Gasteiger partial charge in [-0.15, -0.1) is 10.2 Å². The van der Waals surface area contributed by atoms with Crippen LogP contribution >= 0.6 is 0 Å². The number of nitrogens with zero attached hydrogens (tertiary/aromatic N) is 5. The largest absolute Gasteiger partial charge is 0.434 e. The van der Waals surface area contributed by atoms with E-state index >= 15 is 0 Å². The summed E-state index contributed by atoms with van der Waals surface area (Å²) < 4.78 is 20.0. The summed E-state index contributed by atoms with van der Waals surface area (Å²) in [5, 5.41) is 11.4. The first-order valence-electron chi connectivity index (χ1n) is 10.4. The van der Waals surface area contributed by atoms with Gasteiger partial charge in [-0.05, 0) is 50.8 Å². The van der Waals surface area contributed by atoms with Gasteiger partial charge in [0.1, 0.15) is 17.9 Å². The minimum Gasteiger partial charge on any atom is -0.434 e. The molecule has 9 heteroatoms. The zero-order valence-corrected chi connectivity index (χ0v) is 17.5. The Hall–Kier alpha value is -2.81. The van der Waals surface area contributed by atoms with Crippen LogP contribution in [0.3, 0.4) is 0 Å². The Morgan fingerprint density at radius 2 is 2.07 bits per heavy atom. The molecule has 0 saturated carbocycles. The van der Waals surface area contributed by atoms with Crippen LogP contribution in [0, 0.1) is 17.7 Å². The van der Waals surface area contributed by atoms with Crippen LogP contribution in [0.5, 0.6) is 11.6 Å². The van der Waals surface area contributed by atoms with Gasteiger partial charge in [0, 0.05) is 38.8 Å². The fourth-order valence-corrected chi connectivity index (χ4v) is 4.33. The van der Waals surface area contributed by atoms with Crippen LogP contribution in [0.4, 0.5) is 10.2 Å². The Morgan fingerprint density at radius 1 is 1.33 bits per heavy atom. The highest BCUT2D eigenvalue weighted by atomic mass is 19.1. The molecule has 160 valence electrons. The topological polar surface area (TPSA) is 83.5 Å². The van der Waals surface area contributed by atoms with Crippen molar-refractivity contribution in [1.82, 2.24) is 25.4 Å². The van der Waals surface area contributed by atoms with E-state index in [0.29, 0.717) is 24.2 Å². The van der Waals surface area contributed by atoms with E-state index in [1.807, 2.05) is 20.8 Å². The van der Waals surface area contributed by atoms with Crippen molar-refractivity contribution < 1.29 is 13.9 Å². The second kappa shape index (κ2) is 8.51. The standard InChI is InChI=1S/C21H27FN6O2/c1-4-28(13(2)3)21(29)17-7-16(22)5-6-18(17)30-20-19(24-12-25-26-20)27-10-14-8-23-9-15(14)11-27/h5-7,12-15,23H,4,8-11H2,1-3H3. The first-order valence-corrected chi connectivity index (χ1v) is 10.4. The fraction of sp³-hybridized carbons (Fsp3) is 0.524. The molecule has 1 aromatic heterocycles. The lowest BCUT2D eigenvalue weighted by molar-refractivity contribution is 0.0713. The van der Waals surface area contributed by atoms with Gasteiger partial charge >= 0.3 is 0 Å². The molecule has 2 fully saturated rings. The number of nitrogens with one attached hydrogen (secondary N) is 1. The van der Waals surface area contributed by atoms with Crippen molar-refractivity contribution in [3.05, 3.63) is 35.9 Å². The molecule has 2 saturated heterocycles. The smallest absolute Gasteiger partial charge is 0.282 e. The summed E-state index contributed by atoms with van der Waals surface area (Å²) >= 11 is 0. The molecule has 1 N–H and O–H groups in total. The summed E-state index contributed by atoms with van der Waals surface area (Å²) in [6.07, 6.45) is 1.39. The van der Waals surface area contributed by atoms with Gasteiger partial charge in [-0.1, -0.05) is 0 Å². The quantitative estimate of drug-likeness (QED) is 0.777. The van der Waals surface area contributed by atoms with Crippen LogP contribution in [0.1, 0.15) is 31.1 Å². The third-order valence-corrected chi connectivity index (χ3v) is 5.86. The molecule has 1 aromatic carbocycles. The number of aromatic nitrogens is 3. The number of fused-ring (bicyclic) bond motifs is 1. The number of hydrogen-bond donors (Lipinski definition) is 1. The van der Waals surface area contributed by atoms with Gasteiger partial charge in [-0.3, -0.25) is 4.79 Å². The maximum atomic E-state index is 14.0. The fourth-order valence-electron chi connectivity index (χ4n) is 4.33. The van der Waals surface area contributed by atoms with Gasteiger partial charge in [0.25, 0.3) is 11.8 Å². The lowest BCUT2D eigenvalue weighted by Crippen LogP contribution is -2.36. The average Bonchev–Trinajstić information content (AvgIpc) is 3.32. The molecule has 0 radical (unpaired) electrons. The number of amides is 1. The first kappa shape index (κ1) is 20.5. The molecule has 1 amide bonds. The number of carbonyl (C=O) groups excluding carboxylic acids is 1. The lowest BCUT2D eigenvalue weighted by atomic mass is 10.0. The third-order valence-electron chi connectivity index (χ3n) is 5.86. The van der Waals surface area contributed by atoms with Gasteiger partial charge in [0.15, 0.2) is 5.82 Å². The van der Waals surface area contributed by atoms with Crippen molar-refractivity contribution in [2.75, 3.05) is 37.6 Å². The van der Waals surface area contributed by atoms with E-state index in [4.69, 9.17) is 4.74 Å². The second-order valence-electron chi connectivity index (χ2n) is 8.10. The van der Waals surface area contributed by atoms with Crippen molar-refractivity contribution >= 4 is 11.7 Å². The highest BCUT2D eigenvalue weighted by Crippen LogP contribution is 2.35. The Labute approximate surface area is 175 Å². The van der Waals surface area contributed by atoms with Gasteiger partial charge in [-0.2, -0.15) is 0 Å². The first-order chi connectivity index (χ1) is 14.5. The third kappa shape index (κ3) is 3.94. The van der Waals surface area contributed by atoms with Crippen molar-refractivity contribution in [3.63, 3.8) is 0 Å². The van der Waals surface area contributed by atoms with Crippen molar-refractivity contribution in [2.24, 2.45) is 11.8 Å². The van der Waals surface area contributed by atoms with Crippen LogP contribution in [-0.4, -0.2) is 64.8 Å². The summed E-state index contributed by atoms with van der Waals surface area (Å²) in [7, 11) is 0. The molecule has 0 aliphatic carbocycles. The van der Waals surface area contributed by atoms with E-state index in [9.17, 15) is 9.18 Å². The van der Waals surface area contributed by atoms with Crippen LogP contribution in [0.2, 0.25) is 0 Å². The zero-order chi connectivity index (χ0) is 21.3. The predicted octanol–water partition coefficient (Wildman–Crippen LogP) is 2.33. The SMILES string of the molecule is CCN(C(=O)c1cc(F)ccc1Oc1nncnc1N1CC2CNCC2C1)C(C)C. The van der Waals surface area contributed by atoms with Gasteiger partial charge < -0.3 is 19.9 Å². The molecule has 2 aromatic rings. The summed E-state index contributed by atoms with van der Waals surface area (Å²) in [5.41, 5.74) is 0.157. The molecule has 30 heavy (non-hydrogen) atoms. The number of anilines is 1. The zero-order valence-electron chi connectivity index (χ0n) is 17.5. The van der Waals surface area contributed by atoms with Crippen LogP contribution in [-0.2, 0) is 0 Å². The molecular weight excluding hydrogens is 387 g/mol. The lowest BCUT2D eigenvalue weighted by Gasteiger charge is -2.26. The molecule has 8 nitrogen and oxygen atoms in total. The van der Waals surface area contributed by atoms with E-state index in [0.717, 1.165) is 26.2 Å². The summed E-state index contributed by atoms with van der Waals surface area (Å²) in [4.78, 5) is 21.3. The highest BCUT2D eigenvalue weighted by molar-refractivity contribution is 5.97. The van der Waals surface area contributed by atoms with Gasteiger partial charge in [0.2, 0.25) is 0 Å². The predicted molar refractivity (Wildman–Crippen MR) is 110 cm³/mol. The summed E-state index contributed by atoms with van der Waals surface area (Å²) in [6, 6.07) is 3.91. The molecular formula is C21H27FN6O2. The van der Waals surface area contributed by atoms with E-state index in [-0.39, 0.29) is 29.1 Å². The van der Waals surface area contributed by atoms with E-state index in [2.05, 4.69) is 25.4 Å². The Kier molecular flexibility index (Phi) is 5.80. The number of rotatable bonds is 6. The molecule has 2 aliphatic rings. The molecule has 0 spiro atoms. The van der Waals surface area contributed by atoms with E-state index < -0.39 is 5.82 Å². The minimum absolute atomic E-state index is 0.0232. The molecule has 3 heterocycles. The number of ether oxygens (including phenoxy) is 1. The van der Waals surface area contributed by atoms with Crippen LogP contribution in [0.15, 0.2) is 24.5 Å². The van der Waals surface area contributed by atoms with Crippen LogP contribution in [0.25, 0.3) is 0 Å². The number of carbonyl (C=O) groups is 1. The molecule has 0 bridgehead atoms. The molecule has 4 rings (SSSR count). The Balaban J connectivity index is 1.63. The normalized spacial score (nSPS) is 20.5. The van der Waals surface area contributed by atoms with Crippen LogP contribution < -0.4 is 15.0 Å². The summed E-state index contributed by atoms with van der Waals surface area (Å²) in [5.74, 6) is 1.41. The molecule has 2 aliphatic heterocycles. The Morgan fingerprint density at radius 3 is 2.73 bits per heavy atom. The monoisotopic (exact) mass is 414 g/mol. The number of benzene rings is 1. The number of hydrogen-bond acceptors (Lipinski definition) is 7. The average molecular weight is 414 g/mol. The van der Waals surface area contributed by atoms with Crippen molar-refractivity contribution in [2.45, 2.75) is 26.8 Å². The van der Waals surface area contributed by atoms with Crippen molar-refractivity contribution in [1.29, 1.82) is 0 Å². The maximum Gasteiger partial charge on any atom is 0.282 e. The highest BCUT2D eigenvalue weighted by Gasteiger charge is 2.38. The molecule has 2 atom stereocenters. The number of halogens is 1. The Bertz CT molecular complexity index is 912. The van der Waals surface area contributed by atoms with Gasteiger partial charge in [-0.25, -0.2) is 9.37 Å². The maximum absolute atomic E-state index is 14.0. The van der Waals surface area contributed by atoms with E-state index in [1.165, 1.54) is 24.5 Å².